The van der Waals surface area contributed by atoms with Crippen LogP contribution in [0.25, 0.3) is 0 Å². The fourth-order valence-corrected chi connectivity index (χ4v) is 4.44. The van der Waals surface area contributed by atoms with Gasteiger partial charge in [0.1, 0.15) is 0 Å². The van der Waals surface area contributed by atoms with Crippen molar-refractivity contribution in [2.24, 2.45) is 11.8 Å². The van der Waals surface area contributed by atoms with E-state index in [0.717, 1.165) is 37.0 Å². The van der Waals surface area contributed by atoms with Crippen LogP contribution >= 0.6 is 0 Å². The molecule has 0 aliphatic carbocycles. The van der Waals surface area contributed by atoms with Crippen molar-refractivity contribution in [3.63, 3.8) is 0 Å². The highest BCUT2D eigenvalue weighted by Gasteiger charge is 2.21. The third-order valence-electron chi connectivity index (χ3n) is 5.75. The van der Waals surface area contributed by atoms with Gasteiger partial charge in [0.2, 0.25) is 5.75 Å². The van der Waals surface area contributed by atoms with Gasteiger partial charge < -0.3 is 19.5 Å². The van der Waals surface area contributed by atoms with Crippen molar-refractivity contribution in [1.29, 1.82) is 0 Å². The van der Waals surface area contributed by atoms with Gasteiger partial charge in [-0.15, -0.1) is 0 Å². The van der Waals surface area contributed by atoms with E-state index in [2.05, 4.69) is 48.3 Å². The van der Waals surface area contributed by atoms with Gasteiger partial charge in [0.25, 0.3) is 5.91 Å². The molecule has 0 saturated carbocycles. The van der Waals surface area contributed by atoms with Gasteiger partial charge >= 0.3 is 0 Å². The van der Waals surface area contributed by atoms with Gasteiger partial charge in [-0.2, -0.15) is 0 Å². The molecule has 0 radical (unpaired) electrons. The molecule has 1 N–H and O–H groups in total. The molecule has 2 atom stereocenters. The number of hydrogen-bond acceptors (Lipinski definition) is 5. The van der Waals surface area contributed by atoms with Crippen molar-refractivity contribution in [2.75, 3.05) is 34.4 Å². The molecule has 1 fully saturated rings. The number of carbonyl (C=O) groups excluding carboxylic acids is 1. The number of hydrogen-bond donors (Lipinski definition) is 1. The SMILES string of the molecule is COc1cc(C(=O)NCc2ccc(CN3CC(C)CC(C)C3)cc2)cc(OC)c1OC. The molecule has 1 aliphatic rings. The predicted molar refractivity (Wildman–Crippen MR) is 122 cm³/mol. The Morgan fingerprint density at radius 3 is 2.00 bits per heavy atom. The fourth-order valence-electron chi connectivity index (χ4n) is 4.44. The number of amides is 1. The zero-order chi connectivity index (χ0) is 22.4. The molecule has 6 heteroatoms. The van der Waals surface area contributed by atoms with Crippen LogP contribution in [0.3, 0.4) is 0 Å². The Balaban J connectivity index is 1.59. The lowest BCUT2D eigenvalue weighted by molar-refractivity contribution is 0.0950. The smallest absolute Gasteiger partial charge is 0.251 e. The van der Waals surface area contributed by atoms with Crippen LogP contribution in [0.5, 0.6) is 17.2 Å². The van der Waals surface area contributed by atoms with Crippen molar-refractivity contribution in [2.45, 2.75) is 33.4 Å². The zero-order valence-electron chi connectivity index (χ0n) is 19.2. The van der Waals surface area contributed by atoms with Gasteiger partial charge in [0.15, 0.2) is 11.5 Å². The van der Waals surface area contributed by atoms with Crippen LogP contribution in [0.4, 0.5) is 0 Å². The number of likely N-dealkylation sites (tertiary alicyclic amines) is 1. The van der Waals surface area contributed by atoms with Gasteiger partial charge in [-0.1, -0.05) is 38.1 Å². The van der Waals surface area contributed by atoms with Crippen LogP contribution in [0, 0.1) is 11.8 Å². The van der Waals surface area contributed by atoms with Gasteiger partial charge in [0.05, 0.1) is 21.3 Å². The molecule has 31 heavy (non-hydrogen) atoms. The lowest BCUT2D eigenvalue weighted by atomic mass is 9.91. The largest absolute Gasteiger partial charge is 0.493 e. The summed E-state index contributed by atoms with van der Waals surface area (Å²) in [6.07, 6.45) is 1.32. The third kappa shape index (κ3) is 5.91. The summed E-state index contributed by atoms with van der Waals surface area (Å²) in [4.78, 5) is 15.2. The highest BCUT2D eigenvalue weighted by molar-refractivity contribution is 5.95. The maximum absolute atomic E-state index is 12.7. The van der Waals surface area contributed by atoms with E-state index < -0.39 is 0 Å². The number of methoxy groups -OCH3 is 3. The maximum atomic E-state index is 12.7. The topological polar surface area (TPSA) is 60.0 Å². The molecule has 2 unspecified atom stereocenters. The number of rotatable bonds is 8. The molecule has 6 nitrogen and oxygen atoms in total. The molecule has 3 rings (SSSR count). The maximum Gasteiger partial charge on any atom is 0.251 e. The molecule has 168 valence electrons. The molecule has 0 bridgehead atoms. The first-order valence-corrected chi connectivity index (χ1v) is 10.8. The summed E-state index contributed by atoms with van der Waals surface area (Å²) in [5.74, 6) is 2.70. The summed E-state index contributed by atoms with van der Waals surface area (Å²) in [6.45, 7) is 8.43. The molecule has 1 heterocycles. The third-order valence-corrected chi connectivity index (χ3v) is 5.75. The second-order valence-electron chi connectivity index (χ2n) is 8.55. The van der Waals surface area contributed by atoms with Crippen molar-refractivity contribution in [3.8, 4) is 17.2 Å². The Hall–Kier alpha value is -2.73. The summed E-state index contributed by atoms with van der Waals surface area (Å²) in [5, 5.41) is 2.97. The van der Waals surface area contributed by atoms with Crippen molar-refractivity contribution in [1.82, 2.24) is 10.2 Å². The van der Waals surface area contributed by atoms with Crippen LogP contribution in [0.2, 0.25) is 0 Å². The molecule has 0 spiro atoms. The first kappa shape index (κ1) is 22.9. The van der Waals surface area contributed by atoms with Crippen LogP contribution < -0.4 is 19.5 Å². The van der Waals surface area contributed by atoms with E-state index >= 15 is 0 Å². The second kappa shape index (κ2) is 10.5. The molecule has 1 amide bonds. The van der Waals surface area contributed by atoms with E-state index in [1.165, 1.54) is 33.3 Å². The number of ether oxygens (including phenoxy) is 3. The average Bonchev–Trinajstić information content (AvgIpc) is 2.76. The Kier molecular flexibility index (Phi) is 7.80. The zero-order valence-corrected chi connectivity index (χ0v) is 19.2. The first-order valence-electron chi connectivity index (χ1n) is 10.8. The number of nitrogens with zero attached hydrogens (tertiary/aromatic N) is 1. The predicted octanol–water partition coefficient (Wildman–Crippen LogP) is 4.12. The van der Waals surface area contributed by atoms with Crippen molar-refractivity contribution in [3.05, 3.63) is 53.1 Å². The Labute approximate surface area is 185 Å². The quantitative estimate of drug-likeness (QED) is 0.688. The fraction of sp³-hybridized carbons (Fsp3) is 0.480. The van der Waals surface area contributed by atoms with Gasteiger partial charge in [-0.05, 0) is 41.5 Å². The van der Waals surface area contributed by atoms with E-state index in [1.54, 1.807) is 12.1 Å². The van der Waals surface area contributed by atoms with Crippen LogP contribution in [-0.2, 0) is 13.1 Å². The lowest BCUT2D eigenvalue weighted by Crippen LogP contribution is -2.38. The van der Waals surface area contributed by atoms with Crippen LogP contribution in [0.1, 0.15) is 41.8 Å². The number of carbonyl (C=O) groups is 1. The minimum atomic E-state index is -0.195. The Bertz CT molecular complexity index is 847. The Morgan fingerprint density at radius 1 is 0.935 bits per heavy atom. The molecular weight excluding hydrogens is 392 g/mol. The molecular formula is C25H34N2O4. The van der Waals surface area contributed by atoms with Crippen molar-refractivity contribution < 1.29 is 19.0 Å². The summed E-state index contributed by atoms with van der Waals surface area (Å²) in [6, 6.07) is 11.8. The molecule has 1 aliphatic heterocycles. The summed E-state index contributed by atoms with van der Waals surface area (Å²) in [7, 11) is 4.60. The average molecular weight is 427 g/mol. The molecule has 0 aromatic heterocycles. The summed E-state index contributed by atoms with van der Waals surface area (Å²) >= 11 is 0. The monoisotopic (exact) mass is 426 g/mol. The number of piperidine rings is 1. The van der Waals surface area contributed by atoms with Crippen molar-refractivity contribution >= 4 is 5.91 Å². The van der Waals surface area contributed by atoms with E-state index in [4.69, 9.17) is 14.2 Å². The highest BCUT2D eigenvalue weighted by atomic mass is 16.5. The van der Waals surface area contributed by atoms with E-state index in [0.29, 0.717) is 29.4 Å². The van der Waals surface area contributed by atoms with Gasteiger partial charge in [-0.3, -0.25) is 9.69 Å². The number of benzene rings is 2. The molecule has 2 aromatic rings. The van der Waals surface area contributed by atoms with E-state index in [9.17, 15) is 4.79 Å². The summed E-state index contributed by atoms with van der Waals surface area (Å²) in [5.41, 5.74) is 2.82. The summed E-state index contributed by atoms with van der Waals surface area (Å²) < 4.78 is 16.0. The second-order valence-corrected chi connectivity index (χ2v) is 8.55. The normalized spacial score (nSPS) is 19.0. The van der Waals surface area contributed by atoms with Gasteiger partial charge in [-0.25, -0.2) is 0 Å². The molecule has 1 saturated heterocycles. The minimum Gasteiger partial charge on any atom is -0.493 e. The van der Waals surface area contributed by atoms with Crippen LogP contribution in [-0.4, -0.2) is 45.2 Å². The van der Waals surface area contributed by atoms with Gasteiger partial charge in [0, 0.05) is 31.7 Å². The molecule has 2 aromatic carbocycles. The van der Waals surface area contributed by atoms with Crippen LogP contribution in [0.15, 0.2) is 36.4 Å². The lowest BCUT2D eigenvalue weighted by Gasteiger charge is -2.35. The Morgan fingerprint density at radius 2 is 1.48 bits per heavy atom. The minimum absolute atomic E-state index is 0.195. The van der Waals surface area contributed by atoms with E-state index in [-0.39, 0.29) is 5.91 Å². The standard InChI is InChI=1S/C25H34N2O4/c1-17-10-18(2)15-27(14-17)16-20-8-6-19(7-9-20)13-26-25(28)21-11-22(29-3)24(31-5)23(12-21)30-4/h6-9,11-12,17-18H,10,13-16H2,1-5H3,(H,26,28). The first-order chi connectivity index (χ1) is 14.9. The highest BCUT2D eigenvalue weighted by Crippen LogP contribution is 2.38. The van der Waals surface area contributed by atoms with E-state index in [1.807, 2.05) is 0 Å². The number of nitrogens with one attached hydrogen (secondary N) is 1.